The maximum absolute atomic E-state index is 12.7. The highest BCUT2D eigenvalue weighted by Gasteiger charge is 2.28. The number of hydrogen-bond acceptors (Lipinski definition) is 4. The van der Waals surface area contributed by atoms with Gasteiger partial charge >= 0.3 is 0 Å². The Kier molecular flexibility index (Phi) is 5.79. The second kappa shape index (κ2) is 8.08. The van der Waals surface area contributed by atoms with Crippen molar-refractivity contribution in [3.8, 4) is 11.1 Å². The van der Waals surface area contributed by atoms with Crippen molar-refractivity contribution in [1.29, 1.82) is 0 Å². The van der Waals surface area contributed by atoms with E-state index in [2.05, 4.69) is 20.7 Å². The van der Waals surface area contributed by atoms with Gasteiger partial charge in [0.25, 0.3) is 0 Å². The fourth-order valence-corrected chi connectivity index (χ4v) is 3.76. The second-order valence-corrected chi connectivity index (χ2v) is 7.47. The molecular formula is C19H24ClN5O2. The van der Waals surface area contributed by atoms with Gasteiger partial charge in [-0.3, -0.25) is 14.3 Å². The van der Waals surface area contributed by atoms with Crippen molar-refractivity contribution in [3.05, 3.63) is 29.2 Å². The smallest absolute Gasteiger partial charge is 0.228 e. The molecule has 0 unspecified atom stereocenters. The average Bonchev–Trinajstić information content (AvgIpc) is 2.95. The minimum Gasteiger partial charge on any atom is -0.354 e. The van der Waals surface area contributed by atoms with Gasteiger partial charge in [0.05, 0.1) is 11.2 Å². The van der Waals surface area contributed by atoms with Crippen LogP contribution in [0.25, 0.3) is 11.1 Å². The van der Waals surface area contributed by atoms with Crippen molar-refractivity contribution in [2.24, 2.45) is 13.0 Å². The zero-order chi connectivity index (χ0) is 19.6. The van der Waals surface area contributed by atoms with E-state index in [1.165, 1.54) is 6.92 Å². The minimum atomic E-state index is -0.142. The number of hydrogen-bond donors (Lipinski definition) is 2. The Labute approximate surface area is 163 Å². The van der Waals surface area contributed by atoms with Crippen LogP contribution in [0.4, 0.5) is 5.82 Å². The standard InChI is InChI=1S/C19H24ClN5O2/c1-11-16(9-22-25(11)3)15-8-18(21-10-17(15)20)24-19(27)13-5-4-6-14(7-13)23-12(2)26/h8-10,13-14H,4-7H2,1-3H3,(H,23,26)(H,21,24,27)/t13-,14+/m0/s1. The first-order valence-electron chi connectivity index (χ1n) is 9.07. The molecule has 0 radical (unpaired) electrons. The Balaban J connectivity index is 1.74. The first-order valence-corrected chi connectivity index (χ1v) is 9.45. The summed E-state index contributed by atoms with van der Waals surface area (Å²) in [5.74, 6) is 0.187. The number of anilines is 1. The quantitative estimate of drug-likeness (QED) is 0.840. The Bertz CT molecular complexity index is 864. The lowest BCUT2D eigenvalue weighted by Gasteiger charge is -2.28. The molecule has 1 fully saturated rings. The summed E-state index contributed by atoms with van der Waals surface area (Å²) in [6.45, 7) is 3.46. The summed E-state index contributed by atoms with van der Waals surface area (Å²) in [6, 6.07) is 1.83. The maximum Gasteiger partial charge on any atom is 0.228 e. The van der Waals surface area contributed by atoms with Gasteiger partial charge in [0, 0.05) is 48.9 Å². The van der Waals surface area contributed by atoms with E-state index in [1.54, 1.807) is 23.1 Å². The highest BCUT2D eigenvalue weighted by molar-refractivity contribution is 6.33. The number of halogens is 1. The average molecular weight is 390 g/mol. The van der Waals surface area contributed by atoms with Gasteiger partial charge in [-0.15, -0.1) is 0 Å². The molecule has 144 valence electrons. The molecule has 8 heteroatoms. The molecule has 2 aromatic rings. The zero-order valence-electron chi connectivity index (χ0n) is 15.8. The zero-order valence-corrected chi connectivity index (χ0v) is 16.5. The number of aryl methyl sites for hydroxylation is 1. The molecule has 1 aliphatic rings. The van der Waals surface area contributed by atoms with Gasteiger partial charge < -0.3 is 10.6 Å². The van der Waals surface area contributed by atoms with E-state index in [4.69, 9.17) is 11.6 Å². The van der Waals surface area contributed by atoms with Crippen molar-refractivity contribution in [1.82, 2.24) is 20.1 Å². The maximum atomic E-state index is 12.7. The third-order valence-corrected chi connectivity index (χ3v) is 5.39. The van der Waals surface area contributed by atoms with Crippen LogP contribution < -0.4 is 10.6 Å². The Morgan fingerprint density at radius 2 is 2.04 bits per heavy atom. The topological polar surface area (TPSA) is 88.9 Å². The first kappa shape index (κ1) is 19.4. The minimum absolute atomic E-state index is 0.0544. The monoisotopic (exact) mass is 389 g/mol. The lowest BCUT2D eigenvalue weighted by atomic mass is 9.85. The van der Waals surface area contributed by atoms with Crippen LogP contribution in [0.1, 0.15) is 38.3 Å². The molecule has 27 heavy (non-hydrogen) atoms. The van der Waals surface area contributed by atoms with Crippen LogP contribution in [0.15, 0.2) is 18.5 Å². The number of carbonyl (C=O) groups is 2. The lowest BCUT2D eigenvalue weighted by Crippen LogP contribution is -2.40. The van der Waals surface area contributed by atoms with Gasteiger partial charge in [0.1, 0.15) is 5.82 Å². The van der Waals surface area contributed by atoms with E-state index in [0.29, 0.717) is 17.3 Å². The van der Waals surface area contributed by atoms with Crippen LogP contribution in [-0.4, -0.2) is 32.6 Å². The lowest BCUT2D eigenvalue weighted by molar-refractivity contribution is -0.123. The van der Waals surface area contributed by atoms with E-state index in [0.717, 1.165) is 36.1 Å². The van der Waals surface area contributed by atoms with E-state index in [9.17, 15) is 9.59 Å². The van der Waals surface area contributed by atoms with Gasteiger partial charge in [0.2, 0.25) is 11.8 Å². The summed E-state index contributed by atoms with van der Waals surface area (Å²) in [7, 11) is 1.87. The summed E-state index contributed by atoms with van der Waals surface area (Å²) in [5.41, 5.74) is 2.67. The summed E-state index contributed by atoms with van der Waals surface area (Å²) in [5, 5.41) is 10.6. The molecule has 2 amide bonds. The molecule has 0 saturated heterocycles. The molecule has 3 rings (SSSR count). The van der Waals surface area contributed by atoms with Gasteiger partial charge in [-0.05, 0) is 32.3 Å². The van der Waals surface area contributed by atoms with Crippen LogP contribution in [0.3, 0.4) is 0 Å². The van der Waals surface area contributed by atoms with E-state index in [-0.39, 0.29) is 23.8 Å². The van der Waals surface area contributed by atoms with Crippen molar-refractivity contribution in [2.75, 3.05) is 5.32 Å². The Morgan fingerprint density at radius 1 is 1.26 bits per heavy atom. The van der Waals surface area contributed by atoms with Crippen LogP contribution in [0, 0.1) is 12.8 Å². The fraction of sp³-hybridized carbons (Fsp3) is 0.474. The van der Waals surface area contributed by atoms with Crippen LogP contribution in [-0.2, 0) is 16.6 Å². The summed E-state index contributed by atoms with van der Waals surface area (Å²) >= 11 is 6.31. The molecule has 7 nitrogen and oxygen atoms in total. The van der Waals surface area contributed by atoms with Gasteiger partial charge in [-0.25, -0.2) is 4.98 Å². The first-order chi connectivity index (χ1) is 12.8. The predicted molar refractivity (Wildman–Crippen MR) is 104 cm³/mol. The molecule has 0 aromatic carbocycles. The number of amides is 2. The van der Waals surface area contributed by atoms with Gasteiger partial charge in [-0.2, -0.15) is 5.10 Å². The number of pyridine rings is 1. The molecule has 0 bridgehead atoms. The summed E-state index contributed by atoms with van der Waals surface area (Å²) in [4.78, 5) is 28.2. The van der Waals surface area contributed by atoms with E-state index >= 15 is 0 Å². The largest absolute Gasteiger partial charge is 0.354 e. The van der Waals surface area contributed by atoms with Crippen LogP contribution in [0.5, 0.6) is 0 Å². The predicted octanol–water partition coefficient (Wildman–Crippen LogP) is 3.08. The van der Waals surface area contributed by atoms with Crippen molar-refractivity contribution >= 4 is 29.2 Å². The molecule has 2 aromatic heterocycles. The van der Waals surface area contributed by atoms with E-state index < -0.39 is 0 Å². The fourth-order valence-electron chi connectivity index (χ4n) is 3.55. The van der Waals surface area contributed by atoms with Crippen molar-refractivity contribution in [3.63, 3.8) is 0 Å². The Hall–Kier alpha value is -2.41. The molecule has 0 spiro atoms. The van der Waals surface area contributed by atoms with Crippen LogP contribution >= 0.6 is 11.6 Å². The number of aromatic nitrogens is 3. The summed E-state index contributed by atoms with van der Waals surface area (Å²) in [6.07, 6.45) is 6.57. The van der Waals surface area contributed by atoms with Gasteiger partial charge in [-0.1, -0.05) is 18.0 Å². The SMILES string of the molecule is CC(=O)N[C@@H]1CCC[C@H](C(=O)Nc2cc(-c3cnn(C)c3C)c(Cl)cn2)C1. The second-order valence-electron chi connectivity index (χ2n) is 7.07. The highest BCUT2D eigenvalue weighted by Crippen LogP contribution is 2.32. The molecule has 1 saturated carbocycles. The molecule has 0 aliphatic heterocycles. The molecule has 1 aliphatic carbocycles. The van der Waals surface area contributed by atoms with Crippen molar-refractivity contribution < 1.29 is 9.59 Å². The highest BCUT2D eigenvalue weighted by atomic mass is 35.5. The molecular weight excluding hydrogens is 366 g/mol. The number of nitrogens with zero attached hydrogens (tertiary/aromatic N) is 3. The normalized spacial score (nSPS) is 19.6. The third-order valence-electron chi connectivity index (χ3n) is 5.08. The van der Waals surface area contributed by atoms with E-state index in [1.807, 2.05) is 14.0 Å². The molecule has 2 heterocycles. The van der Waals surface area contributed by atoms with Gasteiger partial charge in [0.15, 0.2) is 0 Å². The molecule has 2 atom stereocenters. The summed E-state index contributed by atoms with van der Waals surface area (Å²) < 4.78 is 1.77. The third kappa shape index (κ3) is 4.47. The number of nitrogens with one attached hydrogen (secondary N) is 2. The number of carbonyl (C=O) groups excluding carboxylic acids is 2. The number of rotatable bonds is 4. The Morgan fingerprint density at radius 3 is 2.70 bits per heavy atom. The van der Waals surface area contributed by atoms with Crippen LogP contribution in [0.2, 0.25) is 5.02 Å². The molecule has 2 N–H and O–H groups in total. The van der Waals surface area contributed by atoms with Crippen molar-refractivity contribution in [2.45, 2.75) is 45.6 Å².